The minimum absolute atomic E-state index is 0.000780. The van der Waals surface area contributed by atoms with E-state index in [1.165, 1.54) is 25.1 Å². The zero-order valence-electron chi connectivity index (χ0n) is 32.1. The molecule has 2 fully saturated rings. The second-order valence-corrected chi connectivity index (χ2v) is 19.2. The molecule has 0 bridgehead atoms. The van der Waals surface area contributed by atoms with Crippen molar-refractivity contribution in [3.05, 3.63) is 39.4 Å². The molecule has 0 spiro atoms. The largest absolute Gasteiger partial charge is 0.472 e. The van der Waals surface area contributed by atoms with Crippen molar-refractivity contribution >= 4 is 27.2 Å². The van der Waals surface area contributed by atoms with E-state index in [1.54, 1.807) is 0 Å². The third-order valence-electron chi connectivity index (χ3n) is 9.00. The third kappa shape index (κ3) is 15.5. The van der Waals surface area contributed by atoms with Gasteiger partial charge in [0.2, 0.25) is 5.91 Å². The van der Waals surface area contributed by atoms with Gasteiger partial charge in [-0.2, -0.15) is 0 Å². The van der Waals surface area contributed by atoms with Crippen LogP contribution in [0.25, 0.3) is 0 Å². The molecule has 2 saturated carbocycles. The number of phosphoric acid groups is 2. The maximum Gasteiger partial charge on any atom is 0.472 e. The number of nitrogens with one attached hydrogen (secondary N) is 1. The van der Waals surface area contributed by atoms with Gasteiger partial charge in [0.15, 0.2) is 0 Å². The van der Waals surface area contributed by atoms with Gasteiger partial charge in [0.05, 0.1) is 59.8 Å². The summed E-state index contributed by atoms with van der Waals surface area (Å²) in [6, 6.07) is 4.14. The molecule has 0 radical (unpaired) electrons. The number of hydrogen-bond donors (Lipinski definition) is 3. The van der Waals surface area contributed by atoms with E-state index in [0.29, 0.717) is 30.4 Å². The number of amides is 1. The molecule has 2 aliphatic rings. The Morgan fingerprint density at radius 1 is 0.942 bits per heavy atom. The van der Waals surface area contributed by atoms with Crippen LogP contribution in [0.1, 0.15) is 118 Å². The summed E-state index contributed by atoms with van der Waals surface area (Å²) in [5, 5.41) is 14.5. The van der Waals surface area contributed by atoms with Gasteiger partial charge in [-0.3, -0.25) is 33.0 Å². The van der Waals surface area contributed by atoms with Crippen LogP contribution in [0.4, 0.5) is 5.69 Å². The van der Waals surface area contributed by atoms with Gasteiger partial charge in [0, 0.05) is 30.9 Å². The third-order valence-corrected chi connectivity index (χ3v) is 11.1. The molecule has 298 valence electrons. The summed E-state index contributed by atoms with van der Waals surface area (Å²) >= 11 is 0. The number of phosphoric ester groups is 2. The van der Waals surface area contributed by atoms with Gasteiger partial charge < -0.3 is 24.6 Å². The zero-order valence-corrected chi connectivity index (χ0v) is 33.9. The molecule has 0 saturated heterocycles. The lowest BCUT2D eigenvalue weighted by Gasteiger charge is -2.29. The van der Waals surface area contributed by atoms with E-state index < -0.39 is 32.8 Å². The van der Waals surface area contributed by atoms with Crippen molar-refractivity contribution < 1.29 is 56.2 Å². The molecule has 1 aromatic rings. The van der Waals surface area contributed by atoms with E-state index in [0.717, 1.165) is 19.3 Å². The SMILES string of the molecule is CC(OP(=O)(O)OC[C@H]1C[C@@H](C)C[C@H]1OC(C)(C)C)c1cc(CNC(=O)CCCOP(=O)(O)O[C@@H]2C[C@H](C)C[C@@H]2COC(C)(C)C)ccc1[N+](=O)[O-]. The van der Waals surface area contributed by atoms with Crippen LogP contribution < -0.4 is 5.32 Å². The smallest absolute Gasteiger partial charge is 0.375 e. The fraction of sp³-hybridized carbons (Fsp3) is 0.800. The number of hydrogen-bond acceptors (Lipinski definition) is 11. The molecule has 1 aromatic carbocycles. The first-order valence-corrected chi connectivity index (χ1v) is 21.1. The summed E-state index contributed by atoms with van der Waals surface area (Å²) in [4.78, 5) is 44.6. The minimum atomic E-state index is -4.62. The molecular weight excluding hydrogens is 718 g/mol. The van der Waals surface area contributed by atoms with Gasteiger partial charge in [0.1, 0.15) is 0 Å². The standard InChI is InChI=1S/C35H60N2O13P2/c1-23-16-28(31(17-23)48-35(7,8)9)22-47-52(43,44)49-25(3)29-19-26(12-13-30(29)37(39)40)20-36-33(38)11-10-14-46-51(41,42)50-32-18-24(2)15-27(32)21-45-34(4,5)6/h12-13,19,23-25,27-28,31-32H,10-11,14-18,20-22H2,1-9H3,(H,36,38)(H,41,42)(H,43,44)/t23-,24-,25?,27-,28-,31-,32-/m1/s1. The van der Waals surface area contributed by atoms with Crippen LogP contribution in [0.3, 0.4) is 0 Å². The van der Waals surface area contributed by atoms with Crippen LogP contribution in [0.5, 0.6) is 0 Å². The minimum Gasteiger partial charge on any atom is -0.375 e. The van der Waals surface area contributed by atoms with E-state index in [-0.39, 0.29) is 78.9 Å². The van der Waals surface area contributed by atoms with Gasteiger partial charge in [-0.1, -0.05) is 19.9 Å². The summed E-state index contributed by atoms with van der Waals surface area (Å²) in [5.74, 6) is 0.139. The molecule has 3 rings (SSSR count). The fourth-order valence-electron chi connectivity index (χ4n) is 6.73. The Balaban J connectivity index is 1.49. The van der Waals surface area contributed by atoms with E-state index in [9.17, 15) is 33.8 Å². The van der Waals surface area contributed by atoms with Crippen LogP contribution in [-0.4, -0.2) is 63.8 Å². The Kier molecular flexibility index (Phi) is 16.1. The molecule has 0 heterocycles. The van der Waals surface area contributed by atoms with Crippen molar-refractivity contribution in [1.82, 2.24) is 5.32 Å². The molecule has 9 atom stereocenters. The van der Waals surface area contributed by atoms with Crippen LogP contribution in [0.15, 0.2) is 18.2 Å². The maximum atomic E-state index is 13.0. The summed E-state index contributed by atoms with van der Waals surface area (Å²) in [6.07, 6.45) is 1.30. The van der Waals surface area contributed by atoms with Gasteiger partial charge >= 0.3 is 15.6 Å². The van der Waals surface area contributed by atoms with Gasteiger partial charge in [-0.05, 0) is 104 Å². The average Bonchev–Trinajstić information content (AvgIpc) is 3.53. The van der Waals surface area contributed by atoms with E-state index in [4.69, 9.17) is 27.6 Å². The molecule has 3 unspecified atom stereocenters. The molecular formula is C35H60N2O13P2. The number of ether oxygens (including phenoxy) is 2. The topological polar surface area (TPSA) is 202 Å². The second kappa shape index (κ2) is 18.7. The van der Waals surface area contributed by atoms with Crippen molar-refractivity contribution in [1.29, 1.82) is 0 Å². The fourth-order valence-corrected chi connectivity index (χ4v) is 8.70. The predicted octanol–water partition coefficient (Wildman–Crippen LogP) is 7.78. The van der Waals surface area contributed by atoms with E-state index >= 15 is 0 Å². The number of benzene rings is 1. The lowest BCUT2D eigenvalue weighted by molar-refractivity contribution is -0.386. The Morgan fingerprint density at radius 2 is 1.56 bits per heavy atom. The van der Waals surface area contributed by atoms with Crippen molar-refractivity contribution in [2.45, 2.75) is 137 Å². The average molecular weight is 779 g/mol. The Bertz CT molecular complexity index is 1450. The first kappa shape index (κ1) is 44.6. The summed E-state index contributed by atoms with van der Waals surface area (Å²) in [7, 11) is -8.99. The highest BCUT2D eigenvalue weighted by Gasteiger charge is 2.40. The Morgan fingerprint density at radius 3 is 2.15 bits per heavy atom. The summed E-state index contributed by atoms with van der Waals surface area (Å²) in [5.41, 5.74) is -0.528. The number of nitro groups is 1. The highest BCUT2D eigenvalue weighted by Crippen LogP contribution is 2.51. The molecule has 0 aromatic heterocycles. The molecule has 1 amide bonds. The van der Waals surface area contributed by atoms with Crippen LogP contribution in [0.2, 0.25) is 0 Å². The van der Waals surface area contributed by atoms with Crippen LogP contribution in [-0.2, 0) is 48.0 Å². The van der Waals surface area contributed by atoms with Crippen molar-refractivity contribution in [3.63, 3.8) is 0 Å². The maximum absolute atomic E-state index is 13.0. The first-order chi connectivity index (χ1) is 23.9. The van der Waals surface area contributed by atoms with Crippen molar-refractivity contribution in [3.8, 4) is 0 Å². The summed E-state index contributed by atoms with van der Waals surface area (Å²) in [6.45, 7) is 17.4. The number of nitro benzene ring substituents is 1. The monoisotopic (exact) mass is 778 g/mol. The zero-order chi connectivity index (χ0) is 39.1. The number of carbonyl (C=O) groups excluding carboxylic acids is 1. The van der Waals surface area contributed by atoms with Crippen LogP contribution >= 0.6 is 15.6 Å². The molecule has 15 nitrogen and oxygen atoms in total. The quantitative estimate of drug-likeness (QED) is 0.0532. The van der Waals surface area contributed by atoms with Gasteiger partial charge in [-0.15, -0.1) is 0 Å². The van der Waals surface area contributed by atoms with E-state index in [1.807, 2.05) is 41.5 Å². The lowest BCUT2D eigenvalue weighted by Crippen LogP contribution is -2.31. The van der Waals surface area contributed by atoms with Crippen molar-refractivity contribution in [2.75, 3.05) is 19.8 Å². The Hall–Kier alpha value is -1.77. The van der Waals surface area contributed by atoms with Crippen LogP contribution in [0, 0.1) is 33.8 Å². The lowest BCUT2D eigenvalue weighted by atomic mass is 10.0. The Labute approximate surface area is 308 Å². The molecule has 52 heavy (non-hydrogen) atoms. The summed E-state index contributed by atoms with van der Waals surface area (Å²) < 4.78 is 59.0. The van der Waals surface area contributed by atoms with Crippen molar-refractivity contribution in [2.24, 2.45) is 23.7 Å². The normalized spacial score (nSPS) is 26.8. The highest BCUT2D eigenvalue weighted by atomic mass is 31.2. The second-order valence-electron chi connectivity index (χ2n) is 16.4. The molecule has 0 aliphatic heterocycles. The highest BCUT2D eigenvalue weighted by molar-refractivity contribution is 7.47. The number of rotatable bonds is 19. The number of nitrogens with zero attached hydrogens (tertiary/aromatic N) is 1. The predicted molar refractivity (Wildman–Crippen MR) is 194 cm³/mol. The molecule has 3 N–H and O–H groups in total. The van der Waals surface area contributed by atoms with Gasteiger partial charge in [-0.25, -0.2) is 9.13 Å². The van der Waals surface area contributed by atoms with E-state index in [2.05, 4.69) is 19.2 Å². The first-order valence-electron chi connectivity index (χ1n) is 18.1. The van der Waals surface area contributed by atoms with Gasteiger partial charge in [0.25, 0.3) is 5.69 Å². The number of carbonyl (C=O) groups is 1. The molecule has 17 heteroatoms. The molecule has 2 aliphatic carbocycles.